The van der Waals surface area contributed by atoms with E-state index in [9.17, 15) is 9.59 Å². The molecule has 5 heteroatoms. The maximum atomic E-state index is 12.2. The number of methoxy groups -OCH3 is 1. The summed E-state index contributed by atoms with van der Waals surface area (Å²) in [5, 5.41) is 4.64. The molecule has 3 rings (SSSR count). The minimum absolute atomic E-state index is 0.158. The molecule has 0 saturated heterocycles. The van der Waals surface area contributed by atoms with Crippen LogP contribution in [0.3, 0.4) is 0 Å². The number of carbonyl (C=O) groups excluding carboxylic acids is 2. The maximum Gasteiger partial charge on any atom is 0.325 e. The number of fused-ring (bicyclic) bond motifs is 1. The van der Waals surface area contributed by atoms with Crippen molar-refractivity contribution in [2.45, 2.75) is 6.42 Å². The molecule has 27 heavy (non-hydrogen) atoms. The summed E-state index contributed by atoms with van der Waals surface area (Å²) in [5.74, 6) is 0.0256. The lowest BCUT2D eigenvalue weighted by Crippen LogP contribution is -2.30. The first-order valence-corrected chi connectivity index (χ1v) is 8.71. The van der Waals surface area contributed by atoms with Crippen LogP contribution in [-0.4, -0.2) is 32.1 Å². The molecule has 0 fully saturated rings. The smallest absolute Gasteiger partial charge is 0.325 e. The van der Waals surface area contributed by atoms with Crippen LogP contribution in [-0.2, 0) is 16.0 Å². The van der Waals surface area contributed by atoms with Gasteiger partial charge in [-0.25, -0.2) is 0 Å². The molecule has 0 saturated carbocycles. The minimum Gasteiger partial charge on any atom is -0.497 e. The van der Waals surface area contributed by atoms with Crippen molar-refractivity contribution in [3.05, 3.63) is 77.9 Å². The average Bonchev–Trinajstić information content (AvgIpc) is 2.72. The number of carbonyl (C=O) groups is 2. The van der Waals surface area contributed by atoms with Crippen LogP contribution in [0.4, 0.5) is 0 Å². The van der Waals surface area contributed by atoms with Crippen LogP contribution < -0.4 is 10.1 Å². The normalized spacial score (nSPS) is 10.4. The van der Waals surface area contributed by atoms with Gasteiger partial charge in [0.05, 0.1) is 13.7 Å². The van der Waals surface area contributed by atoms with Gasteiger partial charge >= 0.3 is 5.97 Å². The first kappa shape index (κ1) is 18.5. The molecule has 0 unspecified atom stereocenters. The largest absolute Gasteiger partial charge is 0.497 e. The van der Waals surface area contributed by atoms with E-state index < -0.39 is 5.97 Å². The van der Waals surface area contributed by atoms with E-state index in [0.717, 1.165) is 22.1 Å². The van der Waals surface area contributed by atoms with Crippen LogP contribution in [0.25, 0.3) is 10.8 Å². The molecule has 138 valence electrons. The minimum atomic E-state index is -0.461. The van der Waals surface area contributed by atoms with E-state index in [1.54, 1.807) is 19.2 Å². The van der Waals surface area contributed by atoms with Gasteiger partial charge in [-0.15, -0.1) is 0 Å². The molecule has 0 radical (unpaired) electrons. The second-order valence-corrected chi connectivity index (χ2v) is 6.06. The molecule has 0 spiro atoms. The van der Waals surface area contributed by atoms with Gasteiger partial charge in [-0.2, -0.15) is 0 Å². The number of hydrogen-bond acceptors (Lipinski definition) is 4. The molecule has 0 bridgehead atoms. The molecule has 0 atom stereocenters. The molecule has 5 nitrogen and oxygen atoms in total. The van der Waals surface area contributed by atoms with E-state index >= 15 is 0 Å². The van der Waals surface area contributed by atoms with E-state index in [1.165, 1.54) is 0 Å². The Morgan fingerprint density at radius 3 is 2.41 bits per heavy atom. The Bertz CT molecular complexity index is 934. The van der Waals surface area contributed by atoms with Crippen molar-refractivity contribution in [1.29, 1.82) is 0 Å². The zero-order valence-electron chi connectivity index (χ0n) is 15.1. The Balaban J connectivity index is 1.44. The highest BCUT2D eigenvalue weighted by molar-refractivity contribution is 5.99. The van der Waals surface area contributed by atoms with Gasteiger partial charge in [0.2, 0.25) is 0 Å². The van der Waals surface area contributed by atoms with Gasteiger partial charge in [0.25, 0.3) is 5.91 Å². The van der Waals surface area contributed by atoms with Crippen molar-refractivity contribution < 1.29 is 19.1 Å². The zero-order valence-corrected chi connectivity index (χ0v) is 15.1. The summed E-state index contributed by atoms with van der Waals surface area (Å²) in [4.78, 5) is 24.0. The standard InChI is InChI=1S/C22H21NO4/c1-26-20-10-6-16(7-11-20)12-13-27-21(24)15-23-22(25)19-9-8-17-4-2-3-5-18(17)14-19/h2-11,14H,12-13,15H2,1H3,(H,23,25). The fourth-order valence-electron chi connectivity index (χ4n) is 2.71. The third-order valence-corrected chi connectivity index (χ3v) is 4.22. The number of esters is 1. The van der Waals surface area contributed by atoms with Gasteiger partial charge in [-0.3, -0.25) is 9.59 Å². The van der Waals surface area contributed by atoms with E-state index in [4.69, 9.17) is 9.47 Å². The second kappa shape index (κ2) is 8.85. The van der Waals surface area contributed by atoms with Gasteiger partial charge in [0.15, 0.2) is 0 Å². The first-order valence-electron chi connectivity index (χ1n) is 8.71. The Hall–Kier alpha value is -3.34. The van der Waals surface area contributed by atoms with Crippen molar-refractivity contribution in [2.24, 2.45) is 0 Å². The average molecular weight is 363 g/mol. The molecular weight excluding hydrogens is 342 g/mol. The lowest BCUT2D eigenvalue weighted by Gasteiger charge is -2.08. The van der Waals surface area contributed by atoms with Gasteiger partial charge in [-0.05, 0) is 40.6 Å². The Labute approximate surface area is 157 Å². The molecule has 0 aliphatic heterocycles. The van der Waals surface area contributed by atoms with E-state index in [1.807, 2.05) is 54.6 Å². The number of rotatable bonds is 7. The predicted molar refractivity (Wildman–Crippen MR) is 104 cm³/mol. The molecule has 3 aromatic rings. The van der Waals surface area contributed by atoms with E-state index in [0.29, 0.717) is 12.0 Å². The van der Waals surface area contributed by atoms with Crippen molar-refractivity contribution in [1.82, 2.24) is 5.32 Å². The lowest BCUT2D eigenvalue weighted by molar-refractivity contribution is -0.142. The number of ether oxygens (including phenoxy) is 2. The summed E-state index contributed by atoms with van der Waals surface area (Å²) < 4.78 is 10.3. The maximum absolute atomic E-state index is 12.2. The van der Waals surface area contributed by atoms with Gasteiger partial charge in [0, 0.05) is 12.0 Å². The number of nitrogens with one attached hydrogen (secondary N) is 1. The zero-order chi connectivity index (χ0) is 19.1. The van der Waals surface area contributed by atoms with E-state index in [-0.39, 0.29) is 19.1 Å². The second-order valence-electron chi connectivity index (χ2n) is 6.06. The van der Waals surface area contributed by atoms with E-state index in [2.05, 4.69) is 5.32 Å². The topological polar surface area (TPSA) is 64.6 Å². The summed E-state index contributed by atoms with van der Waals surface area (Å²) in [7, 11) is 1.61. The summed E-state index contributed by atoms with van der Waals surface area (Å²) in [5.41, 5.74) is 1.56. The molecule has 0 aromatic heterocycles. The van der Waals surface area contributed by atoms with Crippen molar-refractivity contribution in [2.75, 3.05) is 20.3 Å². The summed E-state index contributed by atoms with van der Waals surface area (Å²) in [6.07, 6.45) is 0.606. The van der Waals surface area contributed by atoms with Crippen LogP contribution in [0.15, 0.2) is 66.7 Å². The third kappa shape index (κ3) is 5.07. The molecular formula is C22H21NO4. The summed E-state index contributed by atoms with van der Waals surface area (Å²) >= 11 is 0. The molecule has 0 aliphatic carbocycles. The van der Waals surface area contributed by atoms with Gasteiger partial charge in [0.1, 0.15) is 12.3 Å². The Kier molecular flexibility index (Phi) is 6.05. The summed E-state index contributed by atoms with van der Waals surface area (Å²) in [6.45, 7) is 0.102. The highest BCUT2D eigenvalue weighted by atomic mass is 16.5. The molecule has 0 aliphatic rings. The third-order valence-electron chi connectivity index (χ3n) is 4.22. The Morgan fingerprint density at radius 1 is 0.926 bits per heavy atom. The van der Waals surface area contributed by atoms with Crippen molar-refractivity contribution in [3.8, 4) is 5.75 Å². The fourth-order valence-corrected chi connectivity index (χ4v) is 2.71. The van der Waals surface area contributed by atoms with Gasteiger partial charge < -0.3 is 14.8 Å². The van der Waals surface area contributed by atoms with Crippen molar-refractivity contribution >= 4 is 22.6 Å². The van der Waals surface area contributed by atoms with Crippen LogP contribution in [0.2, 0.25) is 0 Å². The highest BCUT2D eigenvalue weighted by Crippen LogP contribution is 2.15. The molecule has 1 N–H and O–H groups in total. The first-order chi connectivity index (χ1) is 13.2. The molecule has 0 heterocycles. The van der Waals surface area contributed by atoms with Crippen LogP contribution in [0.1, 0.15) is 15.9 Å². The predicted octanol–water partition coefficient (Wildman–Crippen LogP) is 3.36. The fraction of sp³-hybridized carbons (Fsp3) is 0.182. The number of amides is 1. The number of hydrogen-bond donors (Lipinski definition) is 1. The van der Waals surface area contributed by atoms with Gasteiger partial charge in [-0.1, -0.05) is 42.5 Å². The highest BCUT2D eigenvalue weighted by Gasteiger charge is 2.09. The Morgan fingerprint density at radius 2 is 1.67 bits per heavy atom. The van der Waals surface area contributed by atoms with Crippen LogP contribution in [0, 0.1) is 0 Å². The van der Waals surface area contributed by atoms with Crippen molar-refractivity contribution in [3.63, 3.8) is 0 Å². The molecule has 3 aromatic carbocycles. The van der Waals surface area contributed by atoms with Crippen LogP contribution >= 0.6 is 0 Å². The lowest BCUT2D eigenvalue weighted by atomic mass is 10.1. The quantitative estimate of drug-likeness (QED) is 0.654. The van der Waals surface area contributed by atoms with Crippen LogP contribution in [0.5, 0.6) is 5.75 Å². The molecule has 1 amide bonds. The SMILES string of the molecule is COc1ccc(CCOC(=O)CNC(=O)c2ccc3ccccc3c2)cc1. The number of benzene rings is 3. The monoisotopic (exact) mass is 363 g/mol. The summed E-state index contributed by atoms with van der Waals surface area (Å²) in [6, 6.07) is 20.8.